The molecule has 4 heteroatoms. The number of hydrogen-bond donors (Lipinski definition) is 0. The summed E-state index contributed by atoms with van der Waals surface area (Å²) in [4.78, 5) is 23.7. The number of aryl methyl sites for hydroxylation is 1. The van der Waals surface area contributed by atoms with E-state index in [1.807, 2.05) is 19.1 Å². The van der Waals surface area contributed by atoms with E-state index in [1.54, 1.807) is 0 Å². The fourth-order valence-corrected chi connectivity index (χ4v) is 2.70. The molecule has 0 aliphatic heterocycles. The van der Waals surface area contributed by atoms with Gasteiger partial charge < -0.3 is 9.47 Å². The monoisotopic (exact) mass is 262 g/mol. The summed E-state index contributed by atoms with van der Waals surface area (Å²) >= 11 is 0. The molecule has 2 rings (SSSR count). The van der Waals surface area contributed by atoms with Crippen LogP contribution in [0.1, 0.15) is 16.7 Å². The average molecular weight is 262 g/mol. The molecule has 0 bridgehead atoms. The Hall–Kier alpha value is -1.84. The zero-order valence-corrected chi connectivity index (χ0v) is 11.4. The van der Waals surface area contributed by atoms with Crippen molar-refractivity contribution in [3.05, 3.63) is 34.9 Å². The Morgan fingerprint density at radius 2 is 1.53 bits per heavy atom. The minimum absolute atomic E-state index is 0.345. The molecular weight excluding hydrogens is 244 g/mol. The molecule has 0 aromatic heterocycles. The molecule has 0 radical (unpaired) electrons. The first kappa shape index (κ1) is 13.6. The molecule has 0 heterocycles. The number of esters is 2. The number of benzene rings is 1. The van der Waals surface area contributed by atoms with E-state index in [2.05, 4.69) is 6.07 Å². The number of carbonyl (C=O) groups is 2. The van der Waals surface area contributed by atoms with E-state index < -0.39 is 11.8 Å². The lowest BCUT2D eigenvalue weighted by atomic mass is 9.75. The quantitative estimate of drug-likeness (QED) is 0.761. The maximum Gasteiger partial charge on any atom is 0.309 e. The first-order chi connectivity index (χ1) is 9.06. The summed E-state index contributed by atoms with van der Waals surface area (Å²) in [5, 5.41) is 0. The van der Waals surface area contributed by atoms with Gasteiger partial charge in [-0.15, -0.1) is 0 Å². The number of fused-ring (bicyclic) bond motifs is 1. The molecule has 4 nitrogen and oxygen atoms in total. The van der Waals surface area contributed by atoms with Crippen molar-refractivity contribution < 1.29 is 19.1 Å². The topological polar surface area (TPSA) is 52.6 Å². The Kier molecular flexibility index (Phi) is 3.88. The van der Waals surface area contributed by atoms with Crippen LogP contribution < -0.4 is 0 Å². The van der Waals surface area contributed by atoms with Gasteiger partial charge in [-0.3, -0.25) is 9.59 Å². The molecule has 1 aromatic carbocycles. The van der Waals surface area contributed by atoms with Crippen molar-refractivity contribution in [3.63, 3.8) is 0 Å². The molecule has 0 saturated carbocycles. The van der Waals surface area contributed by atoms with Gasteiger partial charge in [0.1, 0.15) is 0 Å². The first-order valence-electron chi connectivity index (χ1n) is 6.31. The third kappa shape index (κ3) is 2.62. The molecule has 0 fully saturated rings. The van der Waals surface area contributed by atoms with Crippen molar-refractivity contribution >= 4 is 11.9 Å². The van der Waals surface area contributed by atoms with E-state index >= 15 is 0 Å². The van der Waals surface area contributed by atoms with Crippen LogP contribution in [0.3, 0.4) is 0 Å². The highest BCUT2D eigenvalue weighted by atomic mass is 16.5. The lowest BCUT2D eigenvalue weighted by Crippen LogP contribution is -2.38. The molecule has 19 heavy (non-hydrogen) atoms. The minimum Gasteiger partial charge on any atom is -0.469 e. The van der Waals surface area contributed by atoms with Gasteiger partial charge >= 0.3 is 11.9 Å². The molecule has 1 aromatic rings. The summed E-state index contributed by atoms with van der Waals surface area (Å²) in [6, 6.07) is 6.11. The molecule has 0 N–H and O–H groups in total. The van der Waals surface area contributed by atoms with Gasteiger partial charge in [0.2, 0.25) is 0 Å². The number of carbonyl (C=O) groups excluding carboxylic acids is 2. The normalized spacial score (nSPS) is 21.4. The van der Waals surface area contributed by atoms with Gasteiger partial charge in [-0.2, -0.15) is 0 Å². The van der Waals surface area contributed by atoms with E-state index in [9.17, 15) is 9.59 Å². The van der Waals surface area contributed by atoms with E-state index in [4.69, 9.17) is 9.47 Å². The summed E-state index contributed by atoms with van der Waals surface area (Å²) in [6.07, 6.45) is 1.06. The molecule has 0 saturated heterocycles. The average Bonchev–Trinajstić information content (AvgIpc) is 2.44. The minimum atomic E-state index is -0.452. The van der Waals surface area contributed by atoms with Crippen LogP contribution in [0.5, 0.6) is 0 Å². The second-order valence-electron chi connectivity index (χ2n) is 4.94. The van der Waals surface area contributed by atoms with Crippen molar-refractivity contribution in [2.45, 2.75) is 19.8 Å². The Balaban J connectivity index is 2.36. The van der Waals surface area contributed by atoms with E-state index in [1.165, 1.54) is 14.2 Å². The molecule has 102 valence electrons. The highest BCUT2D eigenvalue weighted by Crippen LogP contribution is 2.32. The summed E-state index contributed by atoms with van der Waals surface area (Å²) in [5.74, 6) is -1.59. The van der Waals surface area contributed by atoms with E-state index in [-0.39, 0.29) is 11.9 Å². The standard InChI is InChI=1S/C15H18O4/c1-9-4-5-10-7-12(14(16)18-2)13(15(17)19-3)8-11(10)6-9/h4-6,12-13H,7-8H2,1-3H3/t12-,13-/m1/s1. The van der Waals surface area contributed by atoms with Crippen LogP contribution in [0, 0.1) is 18.8 Å². The molecule has 1 aliphatic rings. The van der Waals surface area contributed by atoms with Crippen LogP contribution in [0.25, 0.3) is 0 Å². The summed E-state index contributed by atoms with van der Waals surface area (Å²) < 4.78 is 9.62. The van der Waals surface area contributed by atoms with Gasteiger partial charge in [-0.25, -0.2) is 0 Å². The maximum absolute atomic E-state index is 11.9. The third-order valence-corrected chi connectivity index (χ3v) is 3.73. The SMILES string of the molecule is COC(=O)[C@@H]1Cc2ccc(C)cc2C[C@H]1C(=O)OC. The predicted molar refractivity (Wildman–Crippen MR) is 69.6 cm³/mol. The van der Waals surface area contributed by atoms with Gasteiger partial charge in [0, 0.05) is 0 Å². The number of ether oxygens (including phenoxy) is 2. The van der Waals surface area contributed by atoms with Crippen LogP contribution in [-0.2, 0) is 31.9 Å². The van der Waals surface area contributed by atoms with Gasteiger partial charge in [-0.05, 0) is 30.9 Å². The van der Waals surface area contributed by atoms with Crippen molar-refractivity contribution in [1.82, 2.24) is 0 Å². The van der Waals surface area contributed by atoms with Gasteiger partial charge in [0.15, 0.2) is 0 Å². The third-order valence-electron chi connectivity index (χ3n) is 3.73. The van der Waals surface area contributed by atoms with Crippen LogP contribution in [-0.4, -0.2) is 26.2 Å². The van der Waals surface area contributed by atoms with Crippen molar-refractivity contribution in [2.75, 3.05) is 14.2 Å². The Morgan fingerprint density at radius 1 is 1.00 bits per heavy atom. The summed E-state index contributed by atoms with van der Waals surface area (Å²) in [7, 11) is 2.70. The Morgan fingerprint density at radius 3 is 2.05 bits per heavy atom. The van der Waals surface area contributed by atoms with Crippen LogP contribution in [0.2, 0.25) is 0 Å². The molecule has 1 aliphatic carbocycles. The predicted octanol–water partition coefficient (Wildman–Crippen LogP) is 1.67. The van der Waals surface area contributed by atoms with Gasteiger partial charge in [-0.1, -0.05) is 23.8 Å². The summed E-state index contributed by atoms with van der Waals surface area (Å²) in [6.45, 7) is 2.01. The second kappa shape index (κ2) is 5.43. The van der Waals surface area contributed by atoms with Crippen LogP contribution in [0.15, 0.2) is 18.2 Å². The van der Waals surface area contributed by atoms with Gasteiger partial charge in [0.05, 0.1) is 26.1 Å². The van der Waals surface area contributed by atoms with Crippen LogP contribution >= 0.6 is 0 Å². The molecular formula is C15H18O4. The molecule has 0 unspecified atom stereocenters. The number of methoxy groups -OCH3 is 2. The van der Waals surface area contributed by atoms with E-state index in [0.717, 1.165) is 16.7 Å². The maximum atomic E-state index is 11.9. The number of rotatable bonds is 2. The smallest absolute Gasteiger partial charge is 0.309 e. The molecule has 0 amide bonds. The zero-order chi connectivity index (χ0) is 14.0. The fraction of sp³-hybridized carbons (Fsp3) is 0.467. The van der Waals surface area contributed by atoms with Crippen molar-refractivity contribution in [2.24, 2.45) is 11.8 Å². The summed E-state index contributed by atoms with van der Waals surface area (Å²) in [5.41, 5.74) is 3.38. The molecule has 0 spiro atoms. The lowest BCUT2D eigenvalue weighted by molar-refractivity contribution is -0.158. The highest BCUT2D eigenvalue weighted by Gasteiger charge is 2.39. The van der Waals surface area contributed by atoms with Crippen LogP contribution in [0.4, 0.5) is 0 Å². The van der Waals surface area contributed by atoms with E-state index in [0.29, 0.717) is 12.8 Å². The van der Waals surface area contributed by atoms with Gasteiger partial charge in [0.25, 0.3) is 0 Å². The van der Waals surface area contributed by atoms with Crippen molar-refractivity contribution in [3.8, 4) is 0 Å². The Bertz CT molecular complexity index is 507. The Labute approximate surface area is 112 Å². The second-order valence-corrected chi connectivity index (χ2v) is 4.94. The number of hydrogen-bond acceptors (Lipinski definition) is 4. The fourth-order valence-electron chi connectivity index (χ4n) is 2.70. The molecule has 2 atom stereocenters. The largest absolute Gasteiger partial charge is 0.469 e. The zero-order valence-electron chi connectivity index (χ0n) is 11.4. The van der Waals surface area contributed by atoms with Crippen molar-refractivity contribution in [1.29, 1.82) is 0 Å². The first-order valence-corrected chi connectivity index (χ1v) is 6.31. The lowest BCUT2D eigenvalue weighted by Gasteiger charge is -2.29. The highest BCUT2D eigenvalue weighted by molar-refractivity contribution is 5.83.